The summed E-state index contributed by atoms with van der Waals surface area (Å²) in [6.45, 7) is 4.04. The molecule has 0 amide bonds. The van der Waals surface area contributed by atoms with E-state index in [0.29, 0.717) is 6.54 Å². The van der Waals surface area contributed by atoms with Gasteiger partial charge in [-0.2, -0.15) is 0 Å². The first-order chi connectivity index (χ1) is 8.78. The van der Waals surface area contributed by atoms with E-state index in [0.717, 1.165) is 30.5 Å². The van der Waals surface area contributed by atoms with Crippen molar-refractivity contribution in [3.63, 3.8) is 0 Å². The molecule has 0 aromatic carbocycles. The van der Waals surface area contributed by atoms with Crippen molar-refractivity contribution in [2.75, 3.05) is 38.5 Å². The van der Waals surface area contributed by atoms with Gasteiger partial charge in [0.25, 0.3) is 0 Å². The fourth-order valence-corrected chi connectivity index (χ4v) is 2.41. The number of anilines is 1. The van der Waals surface area contributed by atoms with Crippen molar-refractivity contribution < 1.29 is 0 Å². The predicted molar refractivity (Wildman–Crippen MR) is 73.5 cm³/mol. The molecule has 1 aliphatic rings. The van der Waals surface area contributed by atoms with Gasteiger partial charge in [-0.3, -0.25) is 0 Å². The Hall–Kier alpha value is -1.20. The van der Waals surface area contributed by atoms with Crippen LogP contribution in [0.4, 0.5) is 5.82 Å². The molecule has 2 rings (SSSR count). The monoisotopic (exact) mass is 249 g/mol. The van der Waals surface area contributed by atoms with Crippen LogP contribution in [0, 0.1) is 5.92 Å². The molecular formula is C13H23N5. The summed E-state index contributed by atoms with van der Waals surface area (Å²) in [7, 11) is 2.19. The number of rotatable bonds is 6. The maximum Gasteiger partial charge on any atom is 0.131 e. The molecule has 5 nitrogen and oxygen atoms in total. The second kappa shape index (κ2) is 6.66. The smallest absolute Gasteiger partial charge is 0.131 e. The van der Waals surface area contributed by atoms with Crippen molar-refractivity contribution in [3.05, 3.63) is 18.1 Å². The first kappa shape index (κ1) is 13.2. The van der Waals surface area contributed by atoms with Crippen molar-refractivity contribution in [2.24, 2.45) is 11.7 Å². The van der Waals surface area contributed by atoms with Crippen molar-refractivity contribution in [1.82, 2.24) is 14.9 Å². The Labute approximate surface area is 109 Å². The Bertz CT molecular complexity index is 368. The van der Waals surface area contributed by atoms with E-state index in [1.807, 2.05) is 6.07 Å². The van der Waals surface area contributed by atoms with Crippen LogP contribution in [0.15, 0.2) is 12.3 Å². The second-order valence-corrected chi connectivity index (χ2v) is 5.03. The molecule has 1 fully saturated rings. The van der Waals surface area contributed by atoms with Gasteiger partial charge in [-0.25, -0.2) is 9.97 Å². The lowest BCUT2D eigenvalue weighted by Gasteiger charge is -2.11. The molecule has 3 N–H and O–H groups in total. The molecule has 1 saturated heterocycles. The molecule has 100 valence electrons. The molecule has 18 heavy (non-hydrogen) atoms. The van der Waals surface area contributed by atoms with Gasteiger partial charge < -0.3 is 16.0 Å². The van der Waals surface area contributed by atoms with Gasteiger partial charge in [-0.1, -0.05) is 0 Å². The molecule has 1 atom stereocenters. The van der Waals surface area contributed by atoms with Crippen LogP contribution in [0.2, 0.25) is 0 Å². The average molecular weight is 249 g/mol. The van der Waals surface area contributed by atoms with E-state index in [4.69, 9.17) is 5.73 Å². The van der Waals surface area contributed by atoms with Crippen LogP contribution in [0.25, 0.3) is 0 Å². The number of hydrogen-bond acceptors (Lipinski definition) is 5. The van der Waals surface area contributed by atoms with Crippen molar-refractivity contribution in [3.8, 4) is 0 Å². The molecule has 1 aliphatic heterocycles. The Kier molecular flexibility index (Phi) is 4.90. The zero-order valence-electron chi connectivity index (χ0n) is 11.1. The molecule has 5 heteroatoms. The topological polar surface area (TPSA) is 67.1 Å². The molecule has 0 radical (unpaired) electrons. The van der Waals surface area contributed by atoms with E-state index in [2.05, 4.69) is 27.2 Å². The molecule has 0 spiro atoms. The molecule has 0 bridgehead atoms. The molecule has 1 unspecified atom stereocenters. The van der Waals surface area contributed by atoms with E-state index < -0.39 is 0 Å². The highest BCUT2D eigenvalue weighted by Crippen LogP contribution is 2.17. The fraction of sp³-hybridized carbons (Fsp3) is 0.692. The number of aromatic nitrogens is 2. The fourth-order valence-electron chi connectivity index (χ4n) is 2.41. The van der Waals surface area contributed by atoms with Gasteiger partial charge in [0.1, 0.15) is 11.6 Å². The third-order valence-corrected chi connectivity index (χ3v) is 3.42. The number of hydrogen-bond donors (Lipinski definition) is 2. The Morgan fingerprint density at radius 2 is 2.44 bits per heavy atom. The highest BCUT2D eigenvalue weighted by Gasteiger charge is 2.18. The summed E-state index contributed by atoms with van der Waals surface area (Å²) in [5, 5.41) is 3.37. The van der Waals surface area contributed by atoms with Gasteiger partial charge in [0.05, 0.1) is 0 Å². The third kappa shape index (κ3) is 3.92. The number of nitrogens with zero attached hydrogens (tertiary/aromatic N) is 3. The Balaban J connectivity index is 1.74. The van der Waals surface area contributed by atoms with Crippen LogP contribution < -0.4 is 11.1 Å². The van der Waals surface area contributed by atoms with Gasteiger partial charge >= 0.3 is 0 Å². The lowest BCUT2D eigenvalue weighted by Crippen LogP contribution is -2.16. The van der Waals surface area contributed by atoms with E-state index in [1.54, 1.807) is 6.20 Å². The molecular weight excluding hydrogens is 226 g/mol. The molecule has 0 aliphatic carbocycles. The lowest BCUT2D eigenvalue weighted by molar-refractivity contribution is 0.390. The average Bonchev–Trinajstić information content (AvgIpc) is 2.76. The number of nitrogens with two attached hydrogens (primary N) is 1. The van der Waals surface area contributed by atoms with Crippen LogP contribution in [-0.2, 0) is 6.42 Å². The third-order valence-electron chi connectivity index (χ3n) is 3.42. The normalized spacial score (nSPS) is 20.2. The summed E-state index contributed by atoms with van der Waals surface area (Å²) < 4.78 is 0. The zero-order valence-corrected chi connectivity index (χ0v) is 11.1. The van der Waals surface area contributed by atoms with Crippen LogP contribution in [-0.4, -0.2) is 48.1 Å². The number of nitrogens with one attached hydrogen (secondary N) is 1. The van der Waals surface area contributed by atoms with E-state index >= 15 is 0 Å². The molecule has 0 saturated carbocycles. The van der Waals surface area contributed by atoms with Crippen molar-refractivity contribution in [1.29, 1.82) is 0 Å². The van der Waals surface area contributed by atoms with Gasteiger partial charge in [-0.15, -0.1) is 0 Å². The van der Waals surface area contributed by atoms with Gasteiger partial charge in [-0.05, 0) is 45.0 Å². The summed E-state index contributed by atoms with van der Waals surface area (Å²) in [5.41, 5.74) is 5.50. The number of likely N-dealkylation sites (tertiary alicyclic amines) is 1. The van der Waals surface area contributed by atoms with Gasteiger partial charge in [0, 0.05) is 25.7 Å². The highest BCUT2D eigenvalue weighted by molar-refractivity contribution is 5.32. The molecule has 1 aromatic heterocycles. The van der Waals surface area contributed by atoms with E-state index in [-0.39, 0.29) is 0 Å². The van der Waals surface area contributed by atoms with Gasteiger partial charge in [0.2, 0.25) is 0 Å². The summed E-state index contributed by atoms with van der Waals surface area (Å²) in [6.07, 6.45) is 5.06. The van der Waals surface area contributed by atoms with Crippen LogP contribution in [0.1, 0.15) is 18.7 Å². The first-order valence-corrected chi connectivity index (χ1v) is 6.72. The molecule has 1 aromatic rings. The largest absolute Gasteiger partial charge is 0.370 e. The van der Waals surface area contributed by atoms with E-state index in [1.165, 1.54) is 25.9 Å². The summed E-state index contributed by atoms with van der Waals surface area (Å²) in [5.74, 6) is 2.57. The second-order valence-electron chi connectivity index (χ2n) is 5.03. The lowest BCUT2D eigenvalue weighted by atomic mass is 10.1. The summed E-state index contributed by atoms with van der Waals surface area (Å²) in [4.78, 5) is 11.0. The standard InChI is InChI=1S/C13H23N5/c1-18-9-5-11(10-18)3-7-15-13-4-8-16-12(17-13)2-6-14/h4,8,11H,2-3,5-7,9-10,14H2,1H3,(H,15,16,17). The summed E-state index contributed by atoms with van der Waals surface area (Å²) >= 11 is 0. The summed E-state index contributed by atoms with van der Waals surface area (Å²) in [6, 6.07) is 1.92. The minimum atomic E-state index is 0.595. The van der Waals surface area contributed by atoms with Crippen molar-refractivity contribution >= 4 is 5.82 Å². The Morgan fingerprint density at radius 3 is 3.17 bits per heavy atom. The maximum atomic E-state index is 5.50. The van der Waals surface area contributed by atoms with Crippen LogP contribution >= 0.6 is 0 Å². The highest BCUT2D eigenvalue weighted by atomic mass is 15.1. The van der Waals surface area contributed by atoms with Crippen LogP contribution in [0.5, 0.6) is 0 Å². The minimum absolute atomic E-state index is 0.595. The quantitative estimate of drug-likeness (QED) is 0.778. The van der Waals surface area contributed by atoms with E-state index in [9.17, 15) is 0 Å². The van der Waals surface area contributed by atoms with Gasteiger partial charge in [0.15, 0.2) is 0 Å². The Morgan fingerprint density at radius 1 is 1.56 bits per heavy atom. The van der Waals surface area contributed by atoms with Crippen LogP contribution in [0.3, 0.4) is 0 Å². The first-order valence-electron chi connectivity index (χ1n) is 6.72. The maximum absolute atomic E-state index is 5.50. The minimum Gasteiger partial charge on any atom is -0.370 e. The van der Waals surface area contributed by atoms with Crippen molar-refractivity contribution in [2.45, 2.75) is 19.3 Å². The zero-order chi connectivity index (χ0) is 12.8. The molecule has 2 heterocycles. The predicted octanol–water partition coefficient (Wildman–Crippen LogP) is 0.732. The SMILES string of the molecule is CN1CCC(CCNc2ccnc(CCN)n2)C1.